The largest absolute Gasteiger partial charge is 0.393 e. The Bertz CT molecular complexity index is 603. The van der Waals surface area contributed by atoms with E-state index in [1.165, 1.54) is 12.8 Å². The number of nitrogens with one attached hydrogen (secondary N) is 1. The first kappa shape index (κ1) is 15.6. The molecule has 0 aromatic carbocycles. The summed E-state index contributed by atoms with van der Waals surface area (Å²) in [6, 6.07) is 0. The molecule has 0 amide bonds. The summed E-state index contributed by atoms with van der Waals surface area (Å²) in [5.74, 6) is 2.39. The van der Waals surface area contributed by atoms with Crippen molar-refractivity contribution in [3.05, 3.63) is 25.0 Å². The van der Waals surface area contributed by atoms with E-state index >= 15 is 0 Å². The highest BCUT2D eigenvalue weighted by atomic mass is 15.2. The first-order valence-corrected chi connectivity index (χ1v) is 8.29. The van der Waals surface area contributed by atoms with Crippen LogP contribution < -0.4 is 16.0 Å². The van der Waals surface area contributed by atoms with E-state index in [4.69, 9.17) is 5.73 Å². The van der Waals surface area contributed by atoms with Crippen molar-refractivity contribution in [3.8, 4) is 0 Å². The summed E-state index contributed by atoms with van der Waals surface area (Å²) >= 11 is 0. The van der Waals surface area contributed by atoms with Crippen molar-refractivity contribution in [2.24, 2.45) is 5.92 Å². The van der Waals surface area contributed by atoms with Gasteiger partial charge in [0, 0.05) is 38.6 Å². The molecule has 7 heteroatoms. The Labute approximate surface area is 136 Å². The molecule has 2 aromatic heterocycles. The fraction of sp³-hybridized carbons (Fsp3) is 0.562. The highest BCUT2D eigenvalue weighted by Gasteiger charge is 2.20. The lowest BCUT2D eigenvalue weighted by atomic mass is 9.99. The second kappa shape index (κ2) is 7.30. The minimum Gasteiger partial charge on any atom is -0.393 e. The fourth-order valence-electron chi connectivity index (χ4n) is 2.89. The molecule has 0 spiro atoms. The summed E-state index contributed by atoms with van der Waals surface area (Å²) in [6.45, 7) is 6.07. The summed E-state index contributed by atoms with van der Waals surface area (Å²) in [6.07, 6.45) is 10.6. The van der Waals surface area contributed by atoms with Crippen LogP contribution in [0.1, 0.15) is 26.2 Å². The van der Waals surface area contributed by atoms with Gasteiger partial charge >= 0.3 is 0 Å². The first-order chi connectivity index (χ1) is 11.2. The summed E-state index contributed by atoms with van der Waals surface area (Å²) in [4.78, 5) is 15.0. The van der Waals surface area contributed by atoms with Gasteiger partial charge in [-0.15, -0.1) is 0 Å². The van der Waals surface area contributed by atoms with Gasteiger partial charge in [0.15, 0.2) is 11.6 Å². The third-order valence-electron chi connectivity index (χ3n) is 4.39. The van der Waals surface area contributed by atoms with Crippen molar-refractivity contribution in [1.82, 2.24) is 19.5 Å². The highest BCUT2D eigenvalue weighted by molar-refractivity contribution is 5.74. The molecule has 0 atom stereocenters. The number of imidazole rings is 1. The molecule has 0 saturated carbocycles. The lowest BCUT2D eigenvalue weighted by molar-refractivity contribution is 0.437. The lowest BCUT2D eigenvalue weighted by Crippen LogP contribution is -2.34. The van der Waals surface area contributed by atoms with E-state index in [-0.39, 0.29) is 0 Å². The van der Waals surface area contributed by atoms with Crippen molar-refractivity contribution < 1.29 is 0 Å². The summed E-state index contributed by atoms with van der Waals surface area (Å²) in [7, 11) is 0. The van der Waals surface area contributed by atoms with Crippen LogP contribution in [0.2, 0.25) is 0 Å². The topological polar surface area (TPSA) is 84.9 Å². The number of hydrogen-bond donors (Lipinski definition) is 2. The molecule has 1 aliphatic rings. The number of hydrogen-bond acceptors (Lipinski definition) is 6. The Morgan fingerprint density at radius 1 is 1.30 bits per heavy atom. The molecule has 7 nitrogen and oxygen atoms in total. The molecular formula is C16H25N7. The zero-order valence-corrected chi connectivity index (χ0v) is 13.6. The molecule has 0 bridgehead atoms. The smallest absolute Gasteiger partial charge is 0.157 e. The van der Waals surface area contributed by atoms with E-state index in [9.17, 15) is 0 Å². The van der Waals surface area contributed by atoms with E-state index in [1.54, 1.807) is 12.5 Å². The molecule has 2 aromatic rings. The fourth-order valence-corrected chi connectivity index (χ4v) is 2.89. The van der Waals surface area contributed by atoms with Crippen LogP contribution in [0.25, 0.3) is 0 Å². The number of nitrogen functional groups attached to an aromatic ring is 1. The highest BCUT2D eigenvalue weighted by Crippen LogP contribution is 2.29. The molecule has 3 rings (SSSR count). The SMILES string of the molecule is CC1CCN(c2ncnc(NCCCn3ccnc3)c2N)CC1. The van der Waals surface area contributed by atoms with Crippen molar-refractivity contribution in [1.29, 1.82) is 0 Å². The Kier molecular flexibility index (Phi) is 4.95. The number of aromatic nitrogens is 4. The number of nitrogens with two attached hydrogens (primary N) is 1. The molecule has 3 N–H and O–H groups in total. The molecule has 0 radical (unpaired) electrons. The number of piperidine rings is 1. The van der Waals surface area contributed by atoms with E-state index in [2.05, 4.69) is 36.7 Å². The molecule has 0 unspecified atom stereocenters. The van der Waals surface area contributed by atoms with E-state index in [1.807, 2.05) is 12.5 Å². The second-order valence-electron chi connectivity index (χ2n) is 6.21. The minimum absolute atomic E-state index is 0.657. The van der Waals surface area contributed by atoms with Crippen LogP contribution in [0.5, 0.6) is 0 Å². The third-order valence-corrected chi connectivity index (χ3v) is 4.39. The number of rotatable bonds is 6. The van der Waals surface area contributed by atoms with Gasteiger partial charge in [-0.2, -0.15) is 0 Å². The number of aryl methyl sites for hydroxylation is 1. The average Bonchev–Trinajstić information content (AvgIpc) is 3.07. The monoisotopic (exact) mass is 315 g/mol. The summed E-state index contributed by atoms with van der Waals surface area (Å²) in [5.41, 5.74) is 6.94. The Hall–Kier alpha value is -2.31. The summed E-state index contributed by atoms with van der Waals surface area (Å²) in [5, 5.41) is 3.33. The van der Waals surface area contributed by atoms with Gasteiger partial charge in [-0.05, 0) is 25.2 Å². The van der Waals surface area contributed by atoms with Crippen molar-refractivity contribution in [2.75, 3.05) is 35.6 Å². The standard InChI is InChI=1S/C16H25N7/c1-13-3-8-23(9-4-13)16-14(17)15(20-11-21-16)19-5-2-7-22-10-6-18-12-22/h6,10-13H,2-5,7-9,17H2,1H3,(H,19,20,21). The Morgan fingerprint density at radius 3 is 2.87 bits per heavy atom. The van der Waals surface area contributed by atoms with Gasteiger partial charge in [0.25, 0.3) is 0 Å². The molecular weight excluding hydrogens is 290 g/mol. The van der Waals surface area contributed by atoms with Crippen LogP contribution in [0.4, 0.5) is 17.3 Å². The molecule has 23 heavy (non-hydrogen) atoms. The molecule has 0 aliphatic carbocycles. The van der Waals surface area contributed by atoms with Crippen LogP contribution in [0.15, 0.2) is 25.0 Å². The van der Waals surface area contributed by atoms with Crippen LogP contribution in [-0.4, -0.2) is 39.2 Å². The molecule has 1 aliphatic heterocycles. The van der Waals surface area contributed by atoms with Crippen LogP contribution in [0.3, 0.4) is 0 Å². The van der Waals surface area contributed by atoms with Crippen molar-refractivity contribution >= 4 is 17.3 Å². The zero-order chi connectivity index (χ0) is 16.1. The Morgan fingerprint density at radius 2 is 2.13 bits per heavy atom. The normalized spacial score (nSPS) is 15.8. The first-order valence-electron chi connectivity index (χ1n) is 8.29. The van der Waals surface area contributed by atoms with Crippen LogP contribution in [0, 0.1) is 5.92 Å². The zero-order valence-electron chi connectivity index (χ0n) is 13.6. The van der Waals surface area contributed by atoms with Gasteiger partial charge in [0.05, 0.1) is 6.33 Å². The van der Waals surface area contributed by atoms with Crippen molar-refractivity contribution in [3.63, 3.8) is 0 Å². The van der Waals surface area contributed by atoms with Crippen molar-refractivity contribution in [2.45, 2.75) is 32.7 Å². The predicted octanol–water partition coefficient (Wildman–Crippen LogP) is 1.99. The molecule has 1 fully saturated rings. The van der Waals surface area contributed by atoms with Gasteiger partial charge in [-0.25, -0.2) is 15.0 Å². The lowest BCUT2D eigenvalue weighted by Gasteiger charge is -2.32. The quantitative estimate of drug-likeness (QED) is 0.793. The van der Waals surface area contributed by atoms with Crippen LogP contribution in [-0.2, 0) is 6.54 Å². The van der Waals surface area contributed by atoms with Gasteiger partial charge < -0.3 is 20.5 Å². The van der Waals surface area contributed by atoms with Gasteiger partial charge in [0.2, 0.25) is 0 Å². The number of nitrogens with zero attached hydrogens (tertiary/aromatic N) is 5. The molecule has 124 valence electrons. The predicted molar refractivity (Wildman–Crippen MR) is 92.4 cm³/mol. The maximum Gasteiger partial charge on any atom is 0.157 e. The van der Waals surface area contributed by atoms with E-state index < -0.39 is 0 Å². The maximum atomic E-state index is 6.28. The molecule has 1 saturated heterocycles. The number of anilines is 3. The van der Waals surface area contributed by atoms with Gasteiger partial charge in [-0.3, -0.25) is 0 Å². The molecule has 3 heterocycles. The Balaban J connectivity index is 1.56. The average molecular weight is 315 g/mol. The minimum atomic E-state index is 0.657. The van der Waals surface area contributed by atoms with Gasteiger partial charge in [0.1, 0.15) is 12.0 Å². The summed E-state index contributed by atoms with van der Waals surface area (Å²) < 4.78 is 2.06. The van der Waals surface area contributed by atoms with E-state index in [0.717, 1.165) is 50.2 Å². The maximum absolute atomic E-state index is 6.28. The third kappa shape index (κ3) is 3.91. The van der Waals surface area contributed by atoms with Gasteiger partial charge in [-0.1, -0.05) is 6.92 Å². The second-order valence-corrected chi connectivity index (χ2v) is 6.21. The van der Waals surface area contributed by atoms with E-state index in [0.29, 0.717) is 5.69 Å². The van der Waals surface area contributed by atoms with Crippen LogP contribution >= 0.6 is 0 Å².